The summed E-state index contributed by atoms with van der Waals surface area (Å²) in [5, 5.41) is 9.75. The first-order valence-corrected chi connectivity index (χ1v) is 5.18. The molecule has 0 unspecified atom stereocenters. The van der Waals surface area contributed by atoms with E-state index in [1.54, 1.807) is 0 Å². The molecule has 0 amide bonds. The molecule has 0 spiro atoms. The molecule has 1 aliphatic carbocycles. The lowest BCUT2D eigenvalue weighted by Crippen LogP contribution is -2.17. The highest BCUT2D eigenvalue weighted by Crippen LogP contribution is 2.30. The Kier molecular flexibility index (Phi) is 2.74. The van der Waals surface area contributed by atoms with Gasteiger partial charge in [0.2, 0.25) is 0 Å². The zero-order valence-electron chi connectivity index (χ0n) is 9.81. The van der Waals surface area contributed by atoms with Gasteiger partial charge in [-0.3, -0.25) is 9.59 Å². The molecule has 0 heterocycles. The van der Waals surface area contributed by atoms with Crippen molar-refractivity contribution in [3.8, 4) is 5.75 Å². The van der Waals surface area contributed by atoms with E-state index in [0.29, 0.717) is 0 Å². The molecule has 18 heavy (non-hydrogen) atoms. The predicted molar refractivity (Wildman–Crippen MR) is 61.9 cm³/mol. The van der Waals surface area contributed by atoms with Gasteiger partial charge in [0.1, 0.15) is 5.75 Å². The Morgan fingerprint density at radius 2 is 1.94 bits per heavy atom. The van der Waals surface area contributed by atoms with E-state index < -0.39 is 17.5 Å². The van der Waals surface area contributed by atoms with Crippen LogP contribution in [0.3, 0.4) is 0 Å². The lowest BCUT2D eigenvalue weighted by atomic mass is 9.88. The predicted octanol–water partition coefficient (Wildman–Crippen LogP) is 1.50. The standard InChI is InChI=1S/C13H10O5/c1-6-3-9(14)11-8(12(6)16)4-7(5-10(11)15)13(17)18-2/h3-5,15H,1-2H3. The largest absolute Gasteiger partial charge is 0.507 e. The van der Waals surface area contributed by atoms with E-state index in [4.69, 9.17) is 0 Å². The molecule has 0 atom stereocenters. The smallest absolute Gasteiger partial charge is 0.338 e. The number of hydrogen-bond acceptors (Lipinski definition) is 5. The molecule has 0 saturated carbocycles. The van der Waals surface area contributed by atoms with Gasteiger partial charge in [0.25, 0.3) is 0 Å². The SMILES string of the molecule is COC(=O)c1cc(O)c2c(c1)C(=O)C(C)=CC2=O. The molecule has 0 fully saturated rings. The first-order valence-electron chi connectivity index (χ1n) is 5.18. The Morgan fingerprint density at radius 1 is 1.28 bits per heavy atom. The van der Waals surface area contributed by atoms with Crippen molar-refractivity contribution in [1.29, 1.82) is 0 Å². The zero-order valence-corrected chi connectivity index (χ0v) is 9.81. The van der Waals surface area contributed by atoms with Crippen molar-refractivity contribution in [2.75, 3.05) is 7.11 Å². The topological polar surface area (TPSA) is 80.7 Å². The number of rotatable bonds is 1. The first-order chi connectivity index (χ1) is 8.45. The van der Waals surface area contributed by atoms with Gasteiger partial charge in [0, 0.05) is 11.1 Å². The normalized spacial score (nSPS) is 14.0. The Labute approximate surface area is 103 Å². The number of carbonyl (C=O) groups excluding carboxylic acids is 3. The minimum absolute atomic E-state index is 0.0281. The third-order valence-corrected chi connectivity index (χ3v) is 2.74. The van der Waals surface area contributed by atoms with E-state index in [1.165, 1.54) is 26.2 Å². The van der Waals surface area contributed by atoms with Crippen LogP contribution in [0.2, 0.25) is 0 Å². The third kappa shape index (κ3) is 1.69. The highest BCUT2D eigenvalue weighted by atomic mass is 16.5. The minimum Gasteiger partial charge on any atom is -0.507 e. The molecule has 1 N–H and O–H groups in total. The lowest BCUT2D eigenvalue weighted by Gasteiger charge is -2.14. The highest BCUT2D eigenvalue weighted by Gasteiger charge is 2.27. The Balaban J connectivity index is 2.69. The number of benzene rings is 1. The maximum Gasteiger partial charge on any atom is 0.338 e. The molecule has 92 valence electrons. The van der Waals surface area contributed by atoms with Crippen LogP contribution in [0.25, 0.3) is 0 Å². The van der Waals surface area contributed by atoms with Crippen molar-refractivity contribution >= 4 is 17.5 Å². The average Bonchev–Trinajstić information content (AvgIpc) is 2.34. The number of ketones is 2. The fourth-order valence-corrected chi connectivity index (χ4v) is 1.85. The van der Waals surface area contributed by atoms with Crippen LogP contribution in [0, 0.1) is 0 Å². The number of aromatic hydroxyl groups is 1. The summed E-state index contributed by atoms with van der Waals surface area (Å²) < 4.78 is 4.51. The number of Topliss-reactive ketones (excluding diaryl/α,β-unsaturated/α-hetero) is 1. The zero-order chi connectivity index (χ0) is 13.4. The average molecular weight is 246 g/mol. The Hall–Kier alpha value is -2.43. The molecule has 0 aliphatic heterocycles. The van der Waals surface area contributed by atoms with Crippen molar-refractivity contribution in [2.24, 2.45) is 0 Å². The number of ether oxygens (including phenoxy) is 1. The molecule has 0 saturated heterocycles. The summed E-state index contributed by atoms with van der Waals surface area (Å²) in [7, 11) is 1.19. The van der Waals surface area contributed by atoms with E-state index in [1.807, 2.05) is 0 Å². The van der Waals surface area contributed by atoms with Crippen molar-refractivity contribution < 1.29 is 24.2 Å². The highest BCUT2D eigenvalue weighted by molar-refractivity contribution is 6.25. The fraction of sp³-hybridized carbons (Fsp3) is 0.154. The third-order valence-electron chi connectivity index (χ3n) is 2.74. The van der Waals surface area contributed by atoms with E-state index >= 15 is 0 Å². The molecule has 2 rings (SSSR count). The second-order valence-electron chi connectivity index (χ2n) is 3.93. The van der Waals surface area contributed by atoms with E-state index in [9.17, 15) is 19.5 Å². The van der Waals surface area contributed by atoms with E-state index in [0.717, 1.165) is 6.07 Å². The maximum atomic E-state index is 11.9. The second kappa shape index (κ2) is 4.10. The molecule has 1 aromatic rings. The number of esters is 1. The molecule has 5 nitrogen and oxygen atoms in total. The summed E-state index contributed by atoms with van der Waals surface area (Å²) >= 11 is 0. The van der Waals surface area contributed by atoms with Gasteiger partial charge in [-0.2, -0.15) is 0 Å². The summed E-state index contributed by atoms with van der Waals surface area (Å²) in [6.45, 7) is 1.50. The molecule has 0 aromatic heterocycles. The number of hydrogen-bond donors (Lipinski definition) is 1. The van der Waals surface area contributed by atoms with Crippen LogP contribution in [-0.2, 0) is 4.74 Å². The molecular formula is C13H10O5. The molecule has 1 aliphatic rings. The van der Waals surface area contributed by atoms with Crippen LogP contribution in [0.5, 0.6) is 5.75 Å². The van der Waals surface area contributed by atoms with Gasteiger partial charge in [-0.25, -0.2) is 4.79 Å². The molecule has 1 aromatic carbocycles. The van der Waals surface area contributed by atoms with Crippen molar-refractivity contribution in [2.45, 2.75) is 6.92 Å². The van der Waals surface area contributed by atoms with Crippen LogP contribution in [0.15, 0.2) is 23.8 Å². The summed E-state index contributed by atoms with van der Waals surface area (Å²) in [5.41, 5.74) is 0.261. The first kappa shape index (κ1) is 12.0. The Bertz CT molecular complexity index is 610. The van der Waals surface area contributed by atoms with E-state index in [2.05, 4.69) is 4.74 Å². The van der Waals surface area contributed by atoms with Crippen LogP contribution in [0.4, 0.5) is 0 Å². The van der Waals surface area contributed by atoms with Crippen LogP contribution in [0.1, 0.15) is 38.0 Å². The molecular weight excluding hydrogens is 236 g/mol. The quantitative estimate of drug-likeness (QED) is 0.759. The van der Waals surface area contributed by atoms with Gasteiger partial charge in [-0.15, -0.1) is 0 Å². The second-order valence-corrected chi connectivity index (χ2v) is 3.93. The van der Waals surface area contributed by atoms with Crippen LogP contribution < -0.4 is 0 Å². The number of phenolic OH excluding ortho intramolecular Hbond substituents is 1. The molecule has 0 radical (unpaired) electrons. The van der Waals surface area contributed by atoms with Gasteiger partial charge in [-0.1, -0.05) is 0 Å². The summed E-state index contributed by atoms with van der Waals surface area (Å²) in [5.74, 6) is -1.91. The van der Waals surface area contributed by atoms with Gasteiger partial charge in [0.05, 0.1) is 18.2 Å². The number of phenols is 1. The Morgan fingerprint density at radius 3 is 2.56 bits per heavy atom. The van der Waals surface area contributed by atoms with Gasteiger partial charge in [-0.05, 0) is 25.1 Å². The minimum atomic E-state index is -0.680. The number of fused-ring (bicyclic) bond motifs is 1. The van der Waals surface area contributed by atoms with Gasteiger partial charge in [0.15, 0.2) is 11.6 Å². The number of carbonyl (C=O) groups is 3. The van der Waals surface area contributed by atoms with E-state index in [-0.39, 0.29) is 28.0 Å². The van der Waals surface area contributed by atoms with Crippen molar-refractivity contribution in [1.82, 2.24) is 0 Å². The summed E-state index contributed by atoms with van der Waals surface area (Å²) in [4.78, 5) is 35.0. The van der Waals surface area contributed by atoms with Crippen LogP contribution in [-0.4, -0.2) is 29.8 Å². The summed E-state index contributed by atoms with van der Waals surface area (Å²) in [6, 6.07) is 2.38. The molecule has 5 heteroatoms. The van der Waals surface area contributed by atoms with Gasteiger partial charge < -0.3 is 9.84 Å². The van der Waals surface area contributed by atoms with Crippen molar-refractivity contribution in [3.63, 3.8) is 0 Å². The van der Waals surface area contributed by atoms with Gasteiger partial charge >= 0.3 is 5.97 Å². The lowest BCUT2D eigenvalue weighted by molar-refractivity contribution is 0.0600. The molecule has 0 bridgehead atoms. The summed E-state index contributed by atoms with van der Waals surface area (Å²) in [6.07, 6.45) is 1.17. The van der Waals surface area contributed by atoms with Crippen molar-refractivity contribution in [3.05, 3.63) is 40.5 Å². The van der Waals surface area contributed by atoms with Crippen LogP contribution >= 0.6 is 0 Å². The number of methoxy groups -OCH3 is 1. The monoisotopic (exact) mass is 246 g/mol. The number of allylic oxidation sites excluding steroid dienone is 2. The fourth-order valence-electron chi connectivity index (χ4n) is 1.85. The maximum absolute atomic E-state index is 11.9.